The topological polar surface area (TPSA) is 93.4 Å². The summed E-state index contributed by atoms with van der Waals surface area (Å²) in [6.07, 6.45) is 0.787. The summed E-state index contributed by atoms with van der Waals surface area (Å²) in [5, 5.41) is 13.2. The molecule has 0 radical (unpaired) electrons. The zero-order valence-electron chi connectivity index (χ0n) is 20.5. The summed E-state index contributed by atoms with van der Waals surface area (Å²) in [4.78, 5) is 31.1. The number of carbonyl (C=O) groups excluding carboxylic acids is 2. The molecule has 9 heteroatoms. The molecule has 1 saturated heterocycles. The van der Waals surface area contributed by atoms with Gasteiger partial charge >= 0.3 is 0 Å². The fourth-order valence-electron chi connectivity index (χ4n) is 4.42. The molecule has 1 atom stereocenters. The van der Waals surface area contributed by atoms with Gasteiger partial charge in [0.05, 0.1) is 21.1 Å². The van der Waals surface area contributed by atoms with Gasteiger partial charge < -0.3 is 20.4 Å². The number of carbonyl (C=O) groups is 2. The van der Waals surface area contributed by atoms with Crippen molar-refractivity contribution in [3.63, 3.8) is 0 Å². The minimum atomic E-state index is -0.233. The monoisotopic (exact) mass is 502 g/mol. The van der Waals surface area contributed by atoms with Crippen molar-refractivity contribution in [3.8, 4) is 0 Å². The lowest BCUT2D eigenvalue weighted by Gasteiger charge is -2.34. The minimum absolute atomic E-state index is 0.0646. The second-order valence-corrected chi connectivity index (χ2v) is 10.1. The van der Waals surface area contributed by atoms with Gasteiger partial charge in [-0.25, -0.2) is 0 Å². The van der Waals surface area contributed by atoms with Crippen LogP contribution in [0.4, 0.5) is 11.5 Å². The third-order valence-corrected chi connectivity index (χ3v) is 7.75. The lowest BCUT2D eigenvalue weighted by atomic mass is 10.0. The summed E-state index contributed by atoms with van der Waals surface area (Å²) in [6.45, 7) is 6.07. The Morgan fingerprint density at radius 2 is 1.75 bits per heavy atom. The molecular formula is C27H30N6O2S. The minimum Gasteiger partial charge on any atom is -0.369 e. The molecule has 3 N–H and O–H groups in total. The number of nitrogens with one attached hydrogen (secondary N) is 3. The zero-order chi connectivity index (χ0) is 25.1. The largest absolute Gasteiger partial charge is 0.369 e. The number of rotatable bonds is 7. The van der Waals surface area contributed by atoms with Gasteiger partial charge in [-0.2, -0.15) is 5.10 Å². The highest BCUT2D eigenvalue weighted by Crippen LogP contribution is 2.31. The Labute approximate surface area is 214 Å². The van der Waals surface area contributed by atoms with Crippen LogP contribution < -0.4 is 15.5 Å². The number of thiophene rings is 1. The normalized spacial score (nSPS) is 15.1. The molecule has 2 aromatic heterocycles. The number of hydrogen-bond acceptors (Lipinski definition) is 6. The van der Waals surface area contributed by atoms with Crippen LogP contribution in [-0.2, 0) is 0 Å². The van der Waals surface area contributed by atoms with Gasteiger partial charge in [0, 0.05) is 37.4 Å². The molecule has 1 aliphatic rings. The molecule has 0 spiro atoms. The maximum Gasteiger partial charge on any atom is 0.261 e. The summed E-state index contributed by atoms with van der Waals surface area (Å²) in [5.74, 6) is 0.0530. The number of aromatic nitrogens is 2. The van der Waals surface area contributed by atoms with Gasteiger partial charge in [0.25, 0.3) is 11.8 Å². The van der Waals surface area contributed by atoms with Gasteiger partial charge in [0.1, 0.15) is 0 Å². The second-order valence-electron chi connectivity index (χ2n) is 9.06. The molecule has 1 fully saturated rings. The van der Waals surface area contributed by atoms with Crippen LogP contribution >= 0.6 is 11.3 Å². The quantitative estimate of drug-likeness (QED) is 0.346. The molecule has 186 valence electrons. The van der Waals surface area contributed by atoms with Crippen molar-refractivity contribution in [1.29, 1.82) is 0 Å². The maximum absolute atomic E-state index is 13.0. The highest BCUT2D eigenvalue weighted by Gasteiger charge is 2.20. The van der Waals surface area contributed by atoms with Crippen molar-refractivity contribution in [2.45, 2.75) is 19.4 Å². The molecule has 1 aliphatic heterocycles. The Balaban J connectivity index is 1.26. The van der Waals surface area contributed by atoms with Crippen LogP contribution in [0.2, 0.25) is 0 Å². The van der Waals surface area contributed by atoms with E-state index < -0.39 is 0 Å². The van der Waals surface area contributed by atoms with Gasteiger partial charge in [0.2, 0.25) is 0 Å². The third-order valence-electron chi connectivity index (χ3n) is 6.60. The molecule has 5 rings (SSSR count). The van der Waals surface area contributed by atoms with Crippen molar-refractivity contribution in [1.82, 2.24) is 20.4 Å². The third kappa shape index (κ3) is 5.12. The molecular weight excluding hydrogens is 472 g/mol. The van der Waals surface area contributed by atoms with Crippen molar-refractivity contribution >= 4 is 44.9 Å². The van der Waals surface area contributed by atoms with E-state index in [4.69, 9.17) is 0 Å². The molecule has 0 saturated carbocycles. The van der Waals surface area contributed by atoms with Crippen molar-refractivity contribution in [2.75, 3.05) is 43.4 Å². The number of benzene rings is 2. The van der Waals surface area contributed by atoms with Crippen molar-refractivity contribution in [2.24, 2.45) is 0 Å². The molecule has 0 aliphatic carbocycles. The Hall–Kier alpha value is -3.69. The van der Waals surface area contributed by atoms with Crippen LogP contribution in [0, 0.1) is 0 Å². The second kappa shape index (κ2) is 10.5. The number of anilines is 2. The average Bonchev–Trinajstić information content (AvgIpc) is 3.50. The zero-order valence-corrected chi connectivity index (χ0v) is 21.3. The summed E-state index contributed by atoms with van der Waals surface area (Å²) >= 11 is 1.31. The smallest absolute Gasteiger partial charge is 0.261 e. The SMILES string of the molecule is CC[C@H](NC(=O)c1cc2[nH]nc(NC(=O)c3ccc(N4CCN(C)CC4)cc3)c2s1)c1ccccc1. The maximum atomic E-state index is 13.0. The first kappa shape index (κ1) is 24.0. The molecule has 3 heterocycles. The first-order valence-corrected chi connectivity index (χ1v) is 13.0. The summed E-state index contributed by atoms with van der Waals surface area (Å²) in [5.41, 5.74) is 3.48. The van der Waals surface area contributed by atoms with Crippen LogP contribution in [0.5, 0.6) is 0 Å². The standard InChI is InChI=1S/C27H30N6O2S/c1-3-21(18-7-5-4-6-8-18)28-27(35)23-17-22-24(36-23)25(31-30-22)29-26(34)19-9-11-20(12-10-19)33-15-13-32(2)14-16-33/h4-12,17,21H,3,13-16H2,1-2H3,(H,28,35)(H2,29,30,31,34)/t21-/m0/s1. The van der Waals surface area contributed by atoms with Crippen LogP contribution in [0.1, 0.15) is 45.0 Å². The van der Waals surface area contributed by atoms with Gasteiger partial charge in [-0.15, -0.1) is 11.3 Å². The molecule has 2 amide bonds. The fraction of sp³-hybridized carbons (Fsp3) is 0.296. The van der Waals surface area contributed by atoms with Crippen molar-refractivity contribution in [3.05, 3.63) is 76.7 Å². The van der Waals surface area contributed by atoms with E-state index in [9.17, 15) is 9.59 Å². The number of piperazine rings is 1. The van der Waals surface area contributed by atoms with E-state index in [1.165, 1.54) is 11.3 Å². The van der Waals surface area contributed by atoms with E-state index in [0.717, 1.165) is 54.1 Å². The molecule has 2 aromatic carbocycles. The van der Waals surface area contributed by atoms with Crippen LogP contribution in [0.15, 0.2) is 60.7 Å². The number of aromatic amines is 1. The van der Waals surface area contributed by atoms with E-state index in [2.05, 4.69) is 37.7 Å². The first-order chi connectivity index (χ1) is 17.5. The number of amides is 2. The Morgan fingerprint density at radius 1 is 1.03 bits per heavy atom. The van der Waals surface area contributed by atoms with Gasteiger partial charge in [0.15, 0.2) is 5.82 Å². The molecule has 36 heavy (non-hydrogen) atoms. The predicted octanol–water partition coefficient (Wildman–Crippen LogP) is 4.51. The number of H-pyrrole nitrogens is 1. The summed E-state index contributed by atoms with van der Waals surface area (Å²) in [7, 11) is 2.13. The average molecular weight is 503 g/mol. The van der Waals surface area contributed by atoms with E-state index in [-0.39, 0.29) is 17.9 Å². The summed E-state index contributed by atoms with van der Waals surface area (Å²) < 4.78 is 0.746. The molecule has 4 aromatic rings. The first-order valence-electron chi connectivity index (χ1n) is 12.2. The number of likely N-dealkylation sites (N-methyl/N-ethyl adjacent to an activating group) is 1. The van der Waals surface area contributed by atoms with E-state index in [1.807, 2.05) is 61.5 Å². The highest BCUT2D eigenvalue weighted by molar-refractivity contribution is 7.21. The van der Waals surface area contributed by atoms with Gasteiger partial charge in [-0.1, -0.05) is 37.3 Å². The molecule has 0 bridgehead atoms. The number of nitrogens with zero attached hydrogens (tertiary/aromatic N) is 3. The Bertz CT molecular complexity index is 1340. The van der Waals surface area contributed by atoms with Crippen LogP contribution in [0.3, 0.4) is 0 Å². The molecule has 0 unspecified atom stereocenters. The van der Waals surface area contributed by atoms with Crippen LogP contribution in [0.25, 0.3) is 10.2 Å². The van der Waals surface area contributed by atoms with E-state index in [0.29, 0.717) is 16.3 Å². The predicted molar refractivity (Wildman–Crippen MR) is 145 cm³/mol. The number of fused-ring (bicyclic) bond motifs is 1. The Morgan fingerprint density at radius 3 is 2.44 bits per heavy atom. The molecule has 8 nitrogen and oxygen atoms in total. The lowest BCUT2D eigenvalue weighted by Crippen LogP contribution is -2.44. The van der Waals surface area contributed by atoms with E-state index in [1.54, 1.807) is 6.07 Å². The Kier molecular flexibility index (Phi) is 7.02. The van der Waals surface area contributed by atoms with Gasteiger partial charge in [-0.05, 0) is 49.4 Å². The van der Waals surface area contributed by atoms with Crippen molar-refractivity contribution < 1.29 is 9.59 Å². The van der Waals surface area contributed by atoms with Gasteiger partial charge in [-0.3, -0.25) is 14.7 Å². The van der Waals surface area contributed by atoms with Crippen LogP contribution in [-0.4, -0.2) is 60.1 Å². The number of hydrogen-bond donors (Lipinski definition) is 3. The lowest BCUT2D eigenvalue weighted by molar-refractivity contribution is 0.0939. The van der Waals surface area contributed by atoms with E-state index >= 15 is 0 Å². The fourth-order valence-corrected chi connectivity index (χ4v) is 5.37. The summed E-state index contributed by atoms with van der Waals surface area (Å²) in [6, 6.07) is 19.3. The highest BCUT2D eigenvalue weighted by atomic mass is 32.1.